The number of hydrogen-bond donors (Lipinski definition) is 1. The van der Waals surface area contributed by atoms with E-state index < -0.39 is 16.1 Å². The van der Waals surface area contributed by atoms with Crippen molar-refractivity contribution in [3.05, 3.63) is 15.9 Å². The van der Waals surface area contributed by atoms with E-state index in [1.165, 1.54) is 0 Å². The van der Waals surface area contributed by atoms with Crippen LogP contribution >= 0.6 is 11.8 Å². The van der Waals surface area contributed by atoms with Crippen LogP contribution in [-0.2, 0) is 4.79 Å². The minimum Gasteiger partial charge on any atom is -0.549 e. The maximum Gasteiger partial charge on any atom is 0.354 e. The van der Waals surface area contributed by atoms with Crippen molar-refractivity contribution in [2.75, 3.05) is 0 Å². The second-order valence-electron chi connectivity index (χ2n) is 3.07. The van der Waals surface area contributed by atoms with E-state index >= 15 is 0 Å². The molecule has 16 heavy (non-hydrogen) atoms. The number of hydrogen-bond acceptors (Lipinski definition) is 6. The Morgan fingerprint density at radius 3 is 2.75 bits per heavy atom. The number of aromatic nitrogens is 2. The average Bonchev–Trinajstić information content (AvgIpc) is 2.55. The second-order valence-corrected chi connectivity index (χ2v) is 4.26. The number of aryl methyl sites for hydroxylation is 1. The van der Waals surface area contributed by atoms with Crippen LogP contribution in [0.4, 0.5) is 5.82 Å². The average molecular weight is 244 g/mol. The van der Waals surface area contributed by atoms with E-state index in [0.29, 0.717) is 12.2 Å². The normalized spacial score (nSPS) is 12.4. The highest BCUT2D eigenvalue weighted by Gasteiger charge is 2.22. The molecule has 0 bridgehead atoms. The number of rotatable bonds is 5. The van der Waals surface area contributed by atoms with Crippen molar-refractivity contribution in [3.8, 4) is 0 Å². The van der Waals surface area contributed by atoms with Crippen molar-refractivity contribution in [1.82, 2.24) is 9.97 Å². The highest BCUT2D eigenvalue weighted by Crippen LogP contribution is 2.30. The van der Waals surface area contributed by atoms with Gasteiger partial charge in [0.15, 0.2) is 10.9 Å². The van der Waals surface area contributed by atoms with Crippen LogP contribution in [0.15, 0.2) is 5.03 Å². The Kier molecular flexibility index (Phi) is 3.88. The van der Waals surface area contributed by atoms with Gasteiger partial charge in [-0.3, -0.25) is 0 Å². The molecule has 1 aromatic heterocycles. The Bertz CT molecular complexity index is 417. The zero-order chi connectivity index (χ0) is 12.3. The van der Waals surface area contributed by atoms with Crippen molar-refractivity contribution in [2.45, 2.75) is 30.5 Å². The van der Waals surface area contributed by atoms with Gasteiger partial charge in [0, 0.05) is 6.92 Å². The zero-order valence-corrected chi connectivity index (χ0v) is 9.54. The molecule has 1 aromatic rings. The van der Waals surface area contributed by atoms with Crippen molar-refractivity contribution in [1.29, 1.82) is 0 Å². The van der Waals surface area contributed by atoms with E-state index in [9.17, 15) is 20.0 Å². The van der Waals surface area contributed by atoms with Crippen LogP contribution in [0.25, 0.3) is 0 Å². The van der Waals surface area contributed by atoms with Gasteiger partial charge < -0.3 is 20.0 Å². The minimum absolute atomic E-state index is 0.0820. The first-order valence-corrected chi connectivity index (χ1v) is 5.42. The molecule has 0 aromatic carbocycles. The number of carbonyl (C=O) groups is 1. The molecule has 0 spiro atoms. The molecule has 0 radical (unpaired) electrons. The molecule has 1 atom stereocenters. The van der Waals surface area contributed by atoms with E-state index in [1.54, 1.807) is 13.8 Å². The molecular weight excluding hydrogens is 234 g/mol. The van der Waals surface area contributed by atoms with Gasteiger partial charge in [0.05, 0.1) is 11.2 Å². The van der Waals surface area contributed by atoms with Crippen LogP contribution in [-0.4, -0.2) is 26.1 Å². The van der Waals surface area contributed by atoms with Gasteiger partial charge in [-0.15, -0.1) is 0 Å². The van der Waals surface area contributed by atoms with Crippen LogP contribution < -0.4 is 5.11 Å². The predicted octanol–water partition coefficient (Wildman–Crippen LogP) is 0.247. The second kappa shape index (κ2) is 4.97. The van der Waals surface area contributed by atoms with Crippen molar-refractivity contribution in [3.63, 3.8) is 0 Å². The summed E-state index contributed by atoms with van der Waals surface area (Å²) in [6.07, 6.45) is 0.316. The molecule has 0 saturated carbocycles. The molecule has 8 heteroatoms. The lowest BCUT2D eigenvalue weighted by Gasteiger charge is -2.12. The number of H-pyrrole nitrogens is 1. The summed E-state index contributed by atoms with van der Waals surface area (Å²) in [4.78, 5) is 27.0. The number of nitrogens with one attached hydrogen (secondary N) is 1. The summed E-state index contributed by atoms with van der Waals surface area (Å²) in [5.74, 6) is -1.15. The molecule has 1 heterocycles. The Morgan fingerprint density at radius 1 is 1.69 bits per heavy atom. The number of aliphatic carboxylic acids is 1. The molecule has 1 rings (SSSR count). The lowest BCUT2D eigenvalue weighted by atomic mass is 10.3. The summed E-state index contributed by atoms with van der Waals surface area (Å²) in [6, 6.07) is 0. The number of aromatic amines is 1. The van der Waals surface area contributed by atoms with Crippen LogP contribution in [0.1, 0.15) is 19.2 Å². The van der Waals surface area contributed by atoms with Gasteiger partial charge in [0.1, 0.15) is 0 Å². The number of nitrogens with zero attached hydrogens (tertiary/aromatic N) is 2. The number of imidazole rings is 1. The van der Waals surface area contributed by atoms with Crippen molar-refractivity contribution >= 4 is 23.5 Å². The third-order valence-corrected chi connectivity index (χ3v) is 3.16. The fraction of sp³-hybridized carbons (Fsp3) is 0.500. The minimum atomic E-state index is -1.25. The fourth-order valence-corrected chi connectivity index (χ4v) is 2.06. The summed E-state index contributed by atoms with van der Waals surface area (Å²) in [5, 5.41) is 20.6. The number of carboxylic acids is 1. The molecule has 0 saturated heterocycles. The highest BCUT2D eigenvalue weighted by atomic mass is 32.2. The van der Waals surface area contributed by atoms with E-state index in [0.717, 1.165) is 11.8 Å². The zero-order valence-electron chi connectivity index (χ0n) is 8.72. The molecule has 0 aliphatic carbocycles. The third-order valence-electron chi connectivity index (χ3n) is 1.84. The maximum atomic E-state index is 10.7. The predicted molar refractivity (Wildman–Crippen MR) is 54.9 cm³/mol. The smallest absolute Gasteiger partial charge is 0.354 e. The molecule has 88 valence electrons. The van der Waals surface area contributed by atoms with Gasteiger partial charge in [-0.25, -0.2) is 4.98 Å². The van der Waals surface area contributed by atoms with Gasteiger partial charge in [0.25, 0.3) is 0 Å². The Morgan fingerprint density at radius 2 is 2.31 bits per heavy atom. The molecule has 0 amide bonds. The topological polar surface area (TPSA) is 112 Å². The lowest BCUT2D eigenvalue weighted by molar-refractivity contribution is -0.392. The largest absolute Gasteiger partial charge is 0.549 e. The van der Waals surface area contributed by atoms with Crippen molar-refractivity contribution in [2.24, 2.45) is 0 Å². The Labute approximate surface area is 95.4 Å². The van der Waals surface area contributed by atoms with E-state index in [2.05, 4.69) is 9.97 Å². The SMILES string of the molecule is CCC(Sc1nc(C)[nH]c1[N+](=O)[O-])C(=O)[O-]. The summed E-state index contributed by atoms with van der Waals surface area (Å²) in [6.45, 7) is 3.23. The summed E-state index contributed by atoms with van der Waals surface area (Å²) < 4.78 is 0. The van der Waals surface area contributed by atoms with Gasteiger partial charge in [-0.2, -0.15) is 4.98 Å². The first-order chi connectivity index (χ1) is 7.45. The standard InChI is InChI=1S/C8H11N3O4S/c1-3-5(8(12)13)16-7-6(11(14)15)9-4(2)10-7/h5H,3H2,1-2H3,(H,9,10)(H,12,13)/p-1. The summed E-state index contributed by atoms with van der Waals surface area (Å²) in [5.41, 5.74) is 0. The Balaban J connectivity index is 2.95. The quantitative estimate of drug-likeness (QED) is 0.451. The molecule has 0 fully saturated rings. The summed E-state index contributed by atoms with van der Waals surface area (Å²) in [7, 11) is 0. The maximum absolute atomic E-state index is 10.7. The van der Waals surface area contributed by atoms with Crippen LogP contribution in [0.2, 0.25) is 0 Å². The number of nitro groups is 1. The first-order valence-electron chi connectivity index (χ1n) is 4.54. The van der Waals surface area contributed by atoms with Gasteiger partial charge in [-0.1, -0.05) is 18.7 Å². The number of carbonyl (C=O) groups excluding carboxylic acids is 1. The van der Waals surface area contributed by atoms with E-state index in [-0.39, 0.29) is 10.8 Å². The van der Waals surface area contributed by atoms with Gasteiger partial charge >= 0.3 is 5.82 Å². The van der Waals surface area contributed by atoms with Crippen molar-refractivity contribution < 1.29 is 14.8 Å². The van der Waals surface area contributed by atoms with E-state index in [1.807, 2.05) is 0 Å². The van der Waals surface area contributed by atoms with Crippen LogP contribution in [0.5, 0.6) is 0 Å². The molecule has 7 nitrogen and oxygen atoms in total. The highest BCUT2D eigenvalue weighted by molar-refractivity contribution is 8.00. The molecule has 1 N–H and O–H groups in total. The third kappa shape index (κ3) is 2.72. The molecule has 0 aliphatic rings. The van der Waals surface area contributed by atoms with Crippen LogP contribution in [0.3, 0.4) is 0 Å². The number of carboxylic acid groups (broad SMARTS) is 1. The lowest BCUT2D eigenvalue weighted by Crippen LogP contribution is -2.33. The summed E-state index contributed by atoms with van der Waals surface area (Å²) >= 11 is 0.827. The molecule has 0 aliphatic heterocycles. The first kappa shape index (κ1) is 12.5. The molecule has 1 unspecified atom stereocenters. The fourth-order valence-electron chi connectivity index (χ4n) is 1.10. The van der Waals surface area contributed by atoms with E-state index in [4.69, 9.17) is 0 Å². The van der Waals surface area contributed by atoms with Crippen LogP contribution in [0, 0.1) is 17.0 Å². The van der Waals surface area contributed by atoms with Gasteiger partial charge in [0.2, 0.25) is 0 Å². The van der Waals surface area contributed by atoms with Gasteiger partial charge in [-0.05, 0) is 11.3 Å². The molecular formula is C8H10N3O4S-. The number of thioether (sulfide) groups is 1. The Hall–Kier alpha value is -1.57. The monoisotopic (exact) mass is 244 g/mol.